The molecule has 1 aromatic carbocycles. The predicted octanol–water partition coefficient (Wildman–Crippen LogP) is 4.17. The van der Waals surface area contributed by atoms with Gasteiger partial charge in [-0.15, -0.1) is 21.5 Å². The summed E-state index contributed by atoms with van der Waals surface area (Å²) >= 11 is 3.21. The van der Waals surface area contributed by atoms with Gasteiger partial charge < -0.3 is 9.47 Å². The number of fused-ring (bicyclic) bond motifs is 1. The molecule has 0 spiro atoms. The average molecular weight is 414 g/mol. The van der Waals surface area contributed by atoms with Gasteiger partial charge >= 0.3 is 0 Å². The third-order valence-electron chi connectivity index (χ3n) is 4.19. The first kappa shape index (κ1) is 18.7. The Labute approximate surface area is 170 Å². The van der Waals surface area contributed by atoms with E-state index < -0.39 is 0 Å². The molecule has 0 unspecified atom stereocenters. The predicted molar refractivity (Wildman–Crippen MR) is 110 cm³/mol. The number of methoxy groups -OCH3 is 2. The summed E-state index contributed by atoms with van der Waals surface area (Å²) in [6, 6.07) is 7.85. The van der Waals surface area contributed by atoms with Crippen LogP contribution in [0.4, 0.5) is 0 Å². The van der Waals surface area contributed by atoms with Gasteiger partial charge in [-0.2, -0.15) is 0 Å². The smallest absolute Gasteiger partial charge is 0.256 e. The van der Waals surface area contributed by atoms with E-state index in [2.05, 4.69) is 20.6 Å². The zero-order valence-corrected chi connectivity index (χ0v) is 17.6. The minimum Gasteiger partial charge on any atom is -0.493 e. The van der Waals surface area contributed by atoms with Crippen LogP contribution in [0.5, 0.6) is 11.5 Å². The molecule has 0 aliphatic rings. The molecule has 4 rings (SSSR count). The molecule has 28 heavy (non-hydrogen) atoms. The lowest BCUT2D eigenvalue weighted by molar-refractivity contribution is 0.355. The van der Waals surface area contributed by atoms with Crippen molar-refractivity contribution in [2.75, 3.05) is 14.2 Å². The number of thiazole rings is 1. The molecular formula is C19H19N5O2S2. The van der Waals surface area contributed by atoms with Gasteiger partial charge in [0.25, 0.3) is 5.78 Å². The van der Waals surface area contributed by atoms with Crippen LogP contribution in [0.2, 0.25) is 0 Å². The number of aryl methyl sites for hydroxylation is 2. The van der Waals surface area contributed by atoms with E-state index in [4.69, 9.17) is 14.5 Å². The molecule has 0 fully saturated rings. The molecule has 0 amide bonds. The fourth-order valence-electron chi connectivity index (χ4n) is 2.91. The van der Waals surface area contributed by atoms with E-state index in [0.717, 1.165) is 32.8 Å². The number of ether oxygens (including phenoxy) is 2. The Morgan fingerprint density at radius 3 is 2.64 bits per heavy atom. The second kappa shape index (κ2) is 7.76. The zero-order valence-electron chi connectivity index (χ0n) is 16.0. The Balaban J connectivity index is 1.53. The van der Waals surface area contributed by atoms with E-state index in [-0.39, 0.29) is 0 Å². The number of rotatable bonds is 6. The van der Waals surface area contributed by atoms with Crippen molar-refractivity contribution in [1.82, 2.24) is 24.6 Å². The van der Waals surface area contributed by atoms with Crippen LogP contribution in [-0.2, 0) is 5.75 Å². The highest BCUT2D eigenvalue weighted by atomic mass is 32.2. The van der Waals surface area contributed by atoms with Crippen LogP contribution < -0.4 is 9.47 Å². The van der Waals surface area contributed by atoms with Gasteiger partial charge in [-0.05, 0) is 38.1 Å². The van der Waals surface area contributed by atoms with Crippen molar-refractivity contribution >= 4 is 28.9 Å². The molecule has 0 atom stereocenters. The molecule has 0 bridgehead atoms. The third-order valence-corrected chi connectivity index (χ3v) is 6.10. The normalized spacial score (nSPS) is 11.1. The standard InChI is InChI=1S/C19H19N5O2S2/c1-11-7-12(2)24-18(20-11)22-23-19(24)28-10-14-9-27-17(21-14)13-5-6-15(25-3)16(8-13)26-4/h5-9H,10H2,1-4H3. The largest absolute Gasteiger partial charge is 0.493 e. The van der Waals surface area contributed by atoms with Gasteiger partial charge in [-0.25, -0.2) is 9.97 Å². The van der Waals surface area contributed by atoms with E-state index in [1.165, 1.54) is 0 Å². The van der Waals surface area contributed by atoms with Crippen LogP contribution >= 0.6 is 23.1 Å². The summed E-state index contributed by atoms with van der Waals surface area (Å²) in [5.41, 5.74) is 4.00. The molecule has 3 aromatic heterocycles. The van der Waals surface area contributed by atoms with Crippen LogP contribution in [0.1, 0.15) is 17.1 Å². The Hall–Kier alpha value is -2.65. The number of hydrogen-bond acceptors (Lipinski definition) is 8. The molecule has 0 aliphatic heterocycles. The van der Waals surface area contributed by atoms with Crippen LogP contribution in [0.15, 0.2) is 34.8 Å². The van der Waals surface area contributed by atoms with Gasteiger partial charge in [0.05, 0.1) is 19.9 Å². The Bertz CT molecular complexity index is 1140. The zero-order chi connectivity index (χ0) is 19.7. The van der Waals surface area contributed by atoms with Crippen molar-refractivity contribution < 1.29 is 9.47 Å². The van der Waals surface area contributed by atoms with Gasteiger partial charge in [-0.1, -0.05) is 11.8 Å². The van der Waals surface area contributed by atoms with Crippen molar-refractivity contribution in [2.45, 2.75) is 24.8 Å². The van der Waals surface area contributed by atoms with Gasteiger partial charge in [-0.3, -0.25) is 4.40 Å². The van der Waals surface area contributed by atoms with E-state index >= 15 is 0 Å². The number of nitrogens with zero attached hydrogens (tertiary/aromatic N) is 5. The van der Waals surface area contributed by atoms with Crippen molar-refractivity contribution in [3.8, 4) is 22.1 Å². The molecule has 4 aromatic rings. The van der Waals surface area contributed by atoms with Gasteiger partial charge in [0.15, 0.2) is 16.7 Å². The summed E-state index contributed by atoms with van der Waals surface area (Å²) in [7, 11) is 3.26. The highest BCUT2D eigenvalue weighted by Crippen LogP contribution is 2.34. The van der Waals surface area contributed by atoms with Gasteiger partial charge in [0.1, 0.15) is 5.01 Å². The van der Waals surface area contributed by atoms with Crippen molar-refractivity contribution in [3.63, 3.8) is 0 Å². The first-order valence-electron chi connectivity index (χ1n) is 8.58. The van der Waals surface area contributed by atoms with E-state index in [9.17, 15) is 0 Å². The monoisotopic (exact) mass is 413 g/mol. The fraction of sp³-hybridized carbons (Fsp3) is 0.263. The summed E-state index contributed by atoms with van der Waals surface area (Å²) in [4.78, 5) is 9.18. The highest BCUT2D eigenvalue weighted by Gasteiger charge is 2.13. The molecule has 7 nitrogen and oxygen atoms in total. The van der Waals surface area contributed by atoms with Crippen LogP contribution in [-0.4, -0.2) is 38.8 Å². The Morgan fingerprint density at radius 1 is 1.04 bits per heavy atom. The van der Waals surface area contributed by atoms with Crippen LogP contribution in [0.3, 0.4) is 0 Å². The summed E-state index contributed by atoms with van der Waals surface area (Å²) in [6.07, 6.45) is 0. The lowest BCUT2D eigenvalue weighted by Gasteiger charge is -2.08. The van der Waals surface area contributed by atoms with E-state index in [1.54, 1.807) is 37.3 Å². The van der Waals surface area contributed by atoms with E-state index in [1.807, 2.05) is 42.5 Å². The third kappa shape index (κ3) is 3.55. The number of thioether (sulfide) groups is 1. The van der Waals surface area contributed by atoms with Crippen molar-refractivity contribution in [2.24, 2.45) is 0 Å². The maximum atomic E-state index is 5.39. The van der Waals surface area contributed by atoms with Gasteiger partial charge in [0.2, 0.25) is 0 Å². The van der Waals surface area contributed by atoms with Crippen LogP contribution in [0, 0.1) is 13.8 Å². The minimum atomic E-state index is 0.629. The number of aromatic nitrogens is 5. The SMILES string of the molecule is COc1ccc(-c2nc(CSc3nnc4nc(C)cc(C)n34)cs2)cc1OC. The molecule has 0 saturated heterocycles. The first-order valence-corrected chi connectivity index (χ1v) is 10.4. The maximum absolute atomic E-state index is 5.39. The van der Waals surface area contributed by atoms with Gasteiger partial charge in [0, 0.05) is 28.1 Å². The molecular weight excluding hydrogens is 394 g/mol. The average Bonchev–Trinajstić information content (AvgIpc) is 3.32. The minimum absolute atomic E-state index is 0.629. The summed E-state index contributed by atoms with van der Waals surface area (Å²) < 4.78 is 12.7. The van der Waals surface area contributed by atoms with E-state index in [0.29, 0.717) is 23.0 Å². The van der Waals surface area contributed by atoms with Crippen LogP contribution in [0.25, 0.3) is 16.3 Å². The lowest BCUT2D eigenvalue weighted by Crippen LogP contribution is -1.97. The summed E-state index contributed by atoms with van der Waals surface area (Å²) in [6.45, 7) is 3.99. The topological polar surface area (TPSA) is 74.4 Å². The quantitative estimate of drug-likeness (QED) is 0.439. The molecule has 0 saturated carbocycles. The number of hydrogen-bond donors (Lipinski definition) is 0. The summed E-state index contributed by atoms with van der Waals surface area (Å²) in [5, 5.41) is 12.3. The first-order chi connectivity index (χ1) is 13.6. The molecule has 144 valence electrons. The molecule has 0 radical (unpaired) electrons. The van der Waals surface area contributed by atoms with Crippen molar-refractivity contribution in [3.05, 3.63) is 46.7 Å². The Morgan fingerprint density at radius 2 is 1.86 bits per heavy atom. The maximum Gasteiger partial charge on any atom is 0.256 e. The van der Waals surface area contributed by atoms with Crippen molar-refractivity contribution in [1.29, 1.82) is 0 Å². The number of benzene rings is 1. The lowest BCUT2D eigenvalue weighted by atomic mass is 10.2. The molecule has 0 aliphatic carbocycles. The molecule has 0 N–H and O–H groups in total. The fourth-order valence-corrected chi connectivity index (χ4v) is 4.71. The highest BCUT2D eigenvalue weighted by molar-refractivity contribution is 7.98. The Kier molecular flexibility index (Phi) is 5.19. The second-order valence-corrected chi connectivity index (χ2v) is 7.96. The molecule has 3 heterocycles. The second-order valence-electron chi connectivity index (χ2n) is 6.16. The summed E-state index contributed by atoms with van der Waals surface area (Å²) in [5.74, 6) is 2.73. The molecule has 9 heteroatoms.